The molecule has 19 heavy (non-hydrogen) atoms. The van der Waals surface area contributed by atoms with Gasteiger partial charge < -0.3 is 4.74 Å². The highest BCUT2D eigenvalue weighted by atomic mass is 32.1. The number of methoxy groups -OCH3 is 1. The van der Waals surface area contributed by atoms with Gasteiger partial charge in [0.1, 0.15) is 0 Å². The van der Waals surface area contributed by atoms with Crippen molar-refractivity contribution in [3.05, 3.63) is 41.6 Å². The minimum Gasteiger partial charge on any atom is -0.464 e. The van der Waals surface area contributed by atoms with Gasteiger partial charge in [0.25, 0.3) is 0 Å². The van der Waals surface area contributed by atoms with Crippen LogP contribution in [-0.2, 0) is 10.2 Å². The van der Waals surface area contributed by atoms with Gasteiger partial charge in [-0.05, 0) is 47.0 Å². The molecule has 0 unspecified atom stereocenters. The summed E-state index contributed by atoms with van der Waals surface area (Å²) in [5.41, 5.74) is 3.26. The van der Waals surface area contributed by atoms with E-state index in [1.54, 1.807) is 6.07 Å². The molecule has 1 aliphatic rings. The molecule has 4 heteroatoms. The van der Waals surface area contributed by atoms with Crippen LogP contribution in [0.15, 0.2) is 30.3 Å². The van der Waals surface area contributed by atoms with Crippen molar-refractivity contribution in [2.45, 2.75) is 25.2 Å². The molecule has 1 aromatic heterocycles. The van der Waals surface area contributed by atoms with Crippen LogP contribution >= 0.6 is 11.5 Å². The number of aromatic nitrogens is 1. The summed E-state index contributed by atoms with van der Waals surface area (Å²) in [5, 5.41) is 0. The molecular formula is C15H15NO2S. The van der Waals surface area contributed by atoms with E-state index in [0.29, 0.717) is 11.1 Å². The first-order valence-electron chi connectivity index (χ1n) is 6.28. The molecule has 2 aromatic rings. The van der Waals surface area contributed by atoms with Crippen LogP contribution < -0.4 is 0 Å². The summed E-state index contributed by atoms with van der Waals surface area (Å²) in [6.07, 6.45) is 2.55. The highest BCUT2D eigenvalue weighted by molar-refractivity contribution is 7.09. The van der Waals surface area contributed by atoms with E-state index in [4.69, 9.17) is 0 Å². The van der Waals surface area contributed by atoms with Gasteiger partial charge in [-0.15, -0.1) is 0 Å². The molecule has 3 nitrogen and oxygen atoms in total. The Hall–Kier alpha value is -1.68. The van der Waals surface area contributed by atoms with Crippen molar-refractivity contribution >= 4 is 17.5 Å². The smallest absolute Gasteiger partial charge is 0.357 e. The van der Waals surface area contributed by atoms with Gasteiger partial charge in [-0.3, -0.25) is 0 Å². The fourth-order valence-electron chi connectivity index (χ4n) is 2.13. The highest BCUT2D eigenvalue weighted by Crippen LogP contribution is 2.47. The molecule has 0 amide bonds. The first-order chi connectivity index (χ1) is 9.12. The third kappa shape index (κ3) is 2.28. The molecule has 0 N–H and O–H groups in total. The summed E-state index contributed by atoms with van der Waals surface area (Å²) < 4.78 is 8.78. The third-order valence-corrected chi connectivity index (χ3v) is 4.61. The third-order valence-electron chi connectivity index (χ3n) is 3.77. The lowest BCUT2D eigenvalue weighted by molar-refractivity contribution is 0.0595. The Morgan fingerprint density at radius 1 is 1.32 bits per heavy atom. The van der Waals surface area contributed by atoms with Crippen molar-refractivity contribution < 1.29 is 9.53 Å². The summed E-state index contributed by atoms with van der Waals surface area (Å²) in [6.45, 7) is 2.30. The van der Waals surface area contributed by atoms with E-state index in [-0.39, 0.29) is 5.97 Å². The van der Waals surface area contributed by atoms with Crippen LogP contribution in [0.2, 0.25) is 0 Å². The summed E-state index contributed by atoms with van der Waals surface area (Å²) >= 11 is 1.32. The molecule has 3 rings (SSSR count). The normalized spacial score (nSPS) is 16.1. The Kier molecular flexibility index (Phi) is 2.90. The summed E-state index contributed by atoms with van der Waals surface area (Å²) in [4.78, 5) is 12.4. The molecule has 0 spiro atoms. The number of rotatable bonds is 3. The van der Waals surface area contributed by atoms with Gasteiger partial charge in [-0.2, -0.15) is 4.37 Å². The molecule has 98 valence electrons. The maximum absolute atomic E-state index is 11.4. The maximum Gasteiger partial charge on any atom is 0.357 e. The van der Waals surface area contributed by atoms with Gasteiger partial charge in [0.2, 0.25) is 0 Å². The minimum absolute atomic E-state index is 0.376. The number of ether oxygens (including phenoxy) is 1. The molecule has 1 heterocycles. The highest BCUT2D eigenvalue weighted by Gasteiger charge is 2.38. The van der Waals surface area contributed by atoms with E-state index in [2.05, 4.69) is 40.3 Å². The second kappa shape index (κ2) is 4.46. The van der Waals surface area contributed by atoms with Gasteiger partial charge in [-0.25, -0.2) is 4.79 Å². The van der Waals surface area contributed by atoms with Crippen LogP contribution in [0.5, 0.6) is 0 Å². The Morgan fingerprint density at radius 3 is 2.58 bits per heavy atom. The van der Waals surface area contributed by atoms with Gasteiger partial charge in [0, 0.05) is 0 Å². The number of nitrogens with zero attached hydrogens (tertiary/aromatic N) is 1. The molecule has 0 bridgehead atoms. The first kappa shape index (κ1) is 12.4. The molecule has 0 saturated heterocycles. The van der Waals surface area contributed by atoms with Crippen molar-refractivity contribution in [3.8, 4) is 10.4 Å². The lowest BCUT2D eigenvalue weighted by Gasteiger charge is -2.08. The second-order valence-electron chi connectivity index (χ2n) is 5.21. The molecule has 1 aliphatic carbocycles. The summed E-state index contributed by atoms with van der Waals surface area (Å²) in [5.74, 6) is -0.385. The Labute approximate surface area is 116 Å². The molecule has 0 radical (unpaired) electrons. The number of esters is 1. The predicted octanol–water partition coefficient (Wildman–Crippen LogP) is 3.65. The zero-order valence-electron chi connectivity index (χ0n) is 11.0. The summed E-state index contributed by atoms with van der Waals surface area (Å²) in [7, 11) is 1.37. The monoisotopic (exact) mass is 273 g/mol. The maximum atomic E-state index is 11.4. The van der Waals surface area contributed by atoms with Crippen LogP contribution in [-0.4, -0.2) is 17.5 Å². The Balaban J connectivity index is 1.86. The SMILES string of the molecule is COC(=O)c1cc(-c2ccc(C3(C)CC3)cc2)sn1. The summed E-state index contributed by atoms with van der Waals surface area (Å²) in [6, 6.07) is 10.4. The van der Waals surface area contributed by atoms with E-state index < -0.39 is 0 Å². The van der Waals surface area contributed by atoms with Crippen LogP contribution in [0.3, 0.4) is 0 Å². The molecule has 1 fully saturated rings. The Bertz CT molecular complexity index is 611. The lowest BCUT2D eigenvalue weighted by atomic mass is 9.97. The standard InChI is InChI=1S/C15H15NO2S/c1-15(7-8-15)11-5-3-10(4-6-11)13-9-12(16-19-13)14(17)18-2/h3-6,9H,7-8H2,1-2H3. The number of carbonyl (C=O) groups is 1. The lowest BCUT2D eigenvalue weighted by Crippen LogP contribution is -2.00. The molecular weight excluding hydrogens is 258 g/mol. The van der Waals surface area contributed by atoms with Crippen LogP contribution in [0.25, 0.3) is 10.4 Å². The number of hydrogen-bond acceptors (Lipinski definition) is 4. The number of carbonyl (C=O) groups excluding carboxylic acids is 1. The van der Waals surface area contributed by atoms with Gasteiger partial charge in [0.05, 0.1) is 12.0 Å². The van der Waals surface area contributed by atoms with Crippen LogP contribution in [0.1, 0.15) is 35.8 Å². The molecule has 0 atom stereocenters. The van der Waals surface area contributed by atoms with Gasteiger partial charge in [-0.1, -0.05) is 31.2 Å². The topological polar surface area (TPSA) is 39.2 Å². The van der Waals surface area contributed by atoms with Crippen molar-refractivity contribution in [1.29, 1.82) is 0 Å². The van der Waals surface area contributed by atoms with Crippen molar-refractivity contribution in [1.82, 2.24) is 4.37 Å². The zero-order valence-corrected chi connectivity index (χ0v) is 11.8. The van der Waals surface area contributed by atoms with Crippen LogP contribution in [0, 0.1) is 0 Å². The number of benzene rings is 1. The predicted molar refractivity (Wildman–Crippen MR) is 75.5 cm³/mol. The van der Waals surface area contributed by atoms with Crippen LogP contribution in [0.4, 0.5) is 0 Å². The van der Waals surface area contributed by atoms with Crippen molar-refractivity contribution in [2.75, 3.05) is 7.11 Å². The quantitative estimate of drug-likeness (QED) is 0.801. The van der Waals surface area contributed by atoms with E-state index in [1.165, 1.54) is 37.0 Å². The van der Waals surface area contributed by atoms with Gasteiger partial charge >= 0.3 is 5.97 Å². The first-order valence-corrected chi connectivity index (χ1v) is 7.06. The second-order valence-corrected chi connectivity index (χ2v) is 6.01. The van der Waals surface area contributed by atoms with E-state index in [9.17, 15) is 4.79 Å². The zero-order chi connectivity index (χ0) is 13.5. The van der Waals surface area contributed by atoms with Crippen molar-refractivity contribution in [2.24, 2.45) is 0 Å². The minimum atomic E-state index is -0.385. The Morgan fingerprint density at radius 2 is 2.00 bits per heavy atom. The van der Waals surface area contributed by atoms with E-state index in [0.717, 1.165) is 10.4 Å². The average Bonchev–Trinajstić information content (AvgIpc) is 3.02. The molecule has 1 aromatic carbocycles. The molecule has 0 aliphatic heterocycles. The largest absolute Gasteiger partial charge is 0.464 e. The fraction of sp³-hybridized carbons (Fsp3) is 0.333. The van der Waals surface area contributed by atoms with E-state index in [1.807, 2.05) is 0 Å². The molecule has 1 saturated carbocycles. The average molecular weight is 273 g/mol. The van der Waals surface area contributed by atoms with Crippen molar-refractivity contribution in [3.63, 3.8) is 0 Å². The number of hydrogen-bond donors (Lipinski definition) is 0. The van der Waals surface area contributed by atoms with Gasteiger partial charge in [0.15, 0.2) is 5.69 Å². The fourth-order valence-corrected chi connectivity index (χ4v) is 2.85. The van der Waals surface area contributed by atoms with E-state index >= 15 is 0 Å².